The van der Waals surface area contributed by atoms with Crippen molar-refractivity contribution in [2.24, 2.45) is 0 Å². The number of amides is 1. The summed E-state index contributed by atoms with van der Waals surface area (Å²) in [4.78, 5) is 18.2. The SMILES string of the molecule is Nc1nc2c(s1)CCCC2C(=O)Nc1cnn2ccccc12. The minimum Gasteiger partial charge on any atom is -0.375 e. The van der Waals surface area contributed by atoms with Crippen molar-refractivity contribution in [1.29, 1.82) is 0 Å². The second-order valence-electron chi connectivity index (χ2n) is 5.38. The summed E-state index contributed by atoms with van der Waals surface area (Å²) in [5.41, 5.74) is 8.25. The molecule has 0 saturated heterocycles. The fourth-order valence-corrected chi connectivity index (χ4v) is 3.88. The monoisotopic (exact) mass is 313 g/mol. The number of nitrogens with one attached hydrogen (secondary N) is 1. The van der Waals surface area contributed by atoms with Crippen molar-refractivity contribution < 1.29 is 4.79 Å². The second-order valence-corrected chi connectivity index (χ2v) is 6.50. The standard InChI is InChI=1S/C15H15N5OS/c16-15-19-13-9(4-3-6-12(13)22-15)14(21)18-10-8-17-20-7-2-1-5-11(10)20/h1-2,5,7-9H,3-4,6H2,(H2,16,19)(H,18,21). The Kier molecular flexibility index (Phi) is 3.07. The molecule has 112 valence electrons. The van der Waals surface area contributed by atoms with E-state index in [-0.39, 0.29) is 11.8 Å². The predicted molar refractivity (Wildman–Crippen MR) is 86.0 cm³/mol. The molecule has 0 bridgehead atoms. The van der Waals surface area contributed by atoms with Crippen molar-refractivity contribution in [3.05, 3.63) is 41.2 Å². The number of thiazole rings is 1. The molecule has 1 aliphatic rings. The van der Waals surface area contributed by atoms with Gasteiger partial charge in [-0.15, -0.1) is 11.3 Å². The molecule has 1 atom stereocenters. The molecule has 0 fully saturated rings. The van der Waals surface area contributed by atoms with E-state index in [1.165, 1.54) is 11.3 Å². The van der Waals surface area contributed by atoms with Crippen LogP contribution in [0.5, 0.6) is 0 Å². The smallest absolute Gasteiger partial charge is 0.233 e. The Hall–Kier alpha value is -2.41. The molecule has 3 aromatic rings. The zero-order valence-corrected chi connectivity index (χ0v) is 12.6. The molecule has 1 aliphatic carbocycles. The zero-order valence-electron chi connectivity index (χ0n) is 11.8. The van der Waals surface area contributed by atoms with Crippen LogP contribution in [0.1, 0.15) is 29.3 Å². The van der Waals surface area contributed by atoms with Crippen molar-refractivity contribution in [2.45, 2.75) is 25.2 Å². The Balaban J connectivity index is 1.63. The number of pyridine rings is 1. The largest absolute Gasteiger partial charge is 0.375 e. The van der Waals surface area contributed by atoms with E-state index >= 15 is 0 Å². The Morgan fingerprint density at radius 1 is 1.45 bits per heavy atom. The summed E-state index contributed by atoms with van der Waals surface area (Å²) < 4.78 is 1.74. The van der Waals surface area contributed by atoms with Crippen molar-refractivity contribution in [3.8, 4) is 0 Å². The summed E-state index contributed by atoms with van der Waals surface area (Å²) in [6, 6.07) is 5.75. The van der Waals surface area contributed by atoms with Gasteiger partial charge >= 0.3 is 0 Å². The molecule has 0 aliphatic heterocycles. The van der Waals surface area contributed by atoms with E-state index in [9.17, 15) is 4.79 Å². The third kappa shape index (κ3) is 2.14. The van der Waals surface area contributed by atoms with Gasteiger partial charge in [-0.3, -0.25) is 4.79 Å². The quantitative estimate of drug-likeness (QED) is 0.761. The van der Waals surface area contributed by atoms with Crippen LogP contribution in [0.25, 0.3) is 5.52 Å². The molecule has 0 spiro atoms. The van der Waals surface area contributed by atoms with E-state index in [2.05, 4.69) is 15.4 Å². The van der Waals surface area contributed by atoms with Gasteiger partial charge in [0.2, 0.25) is 5.91 Å². The van der Waals surface area contributed by atoms with Crippen molar-refractivity contribution in [1.82, 2.24) is 14.6 Å². The van der Waals surface area contributed by atoms with E-state index in [4.69, 9.17) is 5.73 Å². The van der Waals surface area contributed by atoms with Crippen molar-refractivity contribution >= 4 is 33.6 Å². The van der Waals surface area contributed by atoms with Gasteiger partial charge in [-0.05, 0) is 31.4 Å². The lowest BCUT2D eigenvalue weighted by atomic mass is 9.90. The Morgan fingerprint density at radius 2 is 2.36 bits per heavy atom. The summed E-state index contributed by atoms with van der Waals surface area (Å²) in [7, 11) is 0. The molecule has 0 radical (unpaired) electrons. The van der Waals surface area contributed by atoms with E-state index in [0.29, 0.717) is 5.13 Å². The van der Waals surface area contributed by atoms with Gasteiger partial charge in [-0.1, -0.05) is 6.07 Å². The molecule has 7 heteroatoms. The van der Waals surface area contributed by atoms with Gasteiger partial charge in [-0.2, -0.15) is 5.10 Å². The summed E-state index contributed by atoms with van der Waals surface area (Å²) in [6.07, 6.45) is 6.28. The number of aromatic nitrogens is 3. The maximum atomic E-state index is 12.7. The topological polar surface area (TPSA) is 85.3 Å². The Labute approximate surface area is 131 Å². The molecule has 3 N–H and O–H groups in total. The lowest BCUT2D eigenvalue weighted by molar-refractivity contribution is -0.117. The van der Waals surface area contributed by atoms with Gasteiger partial charge in [0, 0.05) is 11.1 Å². The number of nitrogens with two attached hydrogens (primary N) is 1. The highest BCUT2D eigenvalue weighted by molar-refractivity contribution is 7.15. The van der Waals surface area contributed by atoms with E-state index < -0.39 is 0 Å². The molecule has 1 unspecified atom stereocenters. The lowest BCUT2D eigenvalue weighted by Gasteiger charge is -2.20. The van der Waals surface area contributed by atoms with E-state index in [1.54, 1.807) is 10.7 Å². The Morgan fingerprint density at radius 3 is 3.27 bits per heavy atom. The van der Waals surface area contributed by atoms with Gasteiger partial charge in [-0.25, -0.2) is 9.50 Å². The lowest BCUT2D eigenvalue weighted by Crippen LogP contribution is -2.24. The van der Waals surface area contributed by atoms with Crippen LogP contribution in [0.15, 0.2) is 30.6 Å². The molecule has 0 saturated carbocycles. The first-order chi connectivity index (χ1) is 10.7. The first-order valence-corrected chi connectivity index (χ1v) is 8.02. The number of anilines is 2. The number of hydrogen-bond acceptors (Lipinski definition) is 5. The highest BCUT2D eigenvalue weighted by atomic mass is 32.1. The molecule has 6 nitrogen and oxygen atoms in total. The number of rotatable bonds is 2. The number of nitrogen functional groups attached to an aromatic ring is 1. The summed E-state index contributed by atoms with van der Waals surface area (Å²) in [5, 5.41) is 7.76. The number of aryl methyl sites for hydroxylation is 1. The molecule has 3 aromatic heterocycles. The van der Waals surface area contributed by atoms with Crippen LogP contribution in [0, 0.1) is 0 Å². The van der Waals surface area contributed by atoms with Gasteiger partial charge < -0.3 is 11.1 Å². The molecule has 0 aromatic carbocycles. The molecular weight excluding hydrogens is 298 g/mol. The first kappa shape index (κ1) is 13.3. The van der Waals surface area contributed by atoms with E-state index in [0.717, 1.165) is 41.0 Å². The highest BCUT2D eigenvalue weighted by Crippen LogP contribution is 2.36. The van der Waals surface area contributed by atoms with Crippen LogP contribution in [0.2, 0.25) is 0 Å². The van der Waals surface area contributed by atoms with Crippen molar-refractivity contribution in [3.63, 3.8) is 0 Å². The van der Waals surface area contributed by atoms with Gasteiger partial charge in [0.25, 0.3) is 0 Å². The number of fused-ring (bicyclic) bond motifs is 2. The van der Waals surface area contributed by atoms with E-state index in [1.807, 2.05) is 24.4 Å². The normalized spacial score (nSPS) is 17.4. The average Bonchev–Trinajstić information content (AvgIpc) is 3.09. The Bertz CT molecular complexity index is 853. The van der Waals surface area contributed by atoms with Gasteiger partial charge in [0.15, 0.2) is 5.13 Å². The molecule has 4 rings (SSSR count). The minimum absolute atomic E-state index is 0.0370. The van der Waals surface area contributed by atoms with Crippen LogP contribution >= 0.6 is 11.3 Å². The highest BCUT2D eigenvalue weighted by Gasteiger charge is 2.30. The third-order valence-corrected chi connectivity index (χ3v) is 4.93. The molecule has 22 heavy (non-hydrogen) atoms. The van der Waals surface area contributed by atoms with Crippen LogP contribution in [0.4, 0.5) is 10.8 Å². The summed E-state index contributed by atoms with van der Waals surface area (Å²) in [6.45, 7) is 0. The molecule has 1 amide bonds. The number of nitrogens with zero attached hydrogens (tertiary/aromatic N) is 3. The van der Waals surface area contributed by atoms with Gasteiger partial charge in [0.1, 0.15) is 0 Å². The zero-order chi connectivity index (χ0) is 15.1. The fourth-order valence-electron chi connectivity index (χ4n) is 2.94. The first-order valence-electron chi connectivity index (χ1n) is 7.20. The molecule has 3 heterocycles. The summed E-state index contributed by atoms with van der Waals surface area (Å²) >= 11 is 1.49. The van der Waals surface area contributed by atoms with Crippen LogP contribution in [0.3, 0.4) is 0 Å². The minimum atomic E-state index is -0.226. The number of carbonyl (C=O) groups is 1. The maximum Gasteiger partial charge on any atom is 0.233 e. The van der Waals surface area contributed by atoms with Crippen LogP contribution in [-0.2, 0) is 11.2 Å². The average molecular weight is 313 g/mol. The number of carbonyl (C=O) groups excluding carboxylic acids is 1. The third-order valence-electron chi connectivity index (χ3n) is 3.97. The second kappa shape index (κ2) is 5.10. The number of hydrogen-bond donors (Lipinski definition) is 2. The van der Waals surface area contributed by atoms with Crippen molar-refractivity contribution in [2.75, 3.05) is 11.1 Å². The molecular formula is C15H15N5OS. The fraction of sp³-hybridized carbons (Fsp3) is 0.267. The van der Waals surface area contributed by atoms with Gasteiger partial charge in [0.05, 0.1) is 29.0 Å². The van der Waals surface area contributed by atoms with Crippen LogP contribution < -0.4 is 11.1 Å². The summed E-state index contributed by atoms with van der Waals surface area (Å²) in [5.74, 6) is -0.263. The van der Waals surface area contributed by atoms with Crippen LogP contribution in [-0.4, -0.2) is 20.5 Å². The maximum absolute atomic E-state index is 12.7. The predicted octanol–water partition coefficient (Wildman–Crippen LogP) is 2.43.